The first-order chi connectivity index (χ1) is 16.4. The van der Waals surface area contributed by atoms with E-state index in [4.69, 9.17) is 10.5 Å². The molecule has 0 fully saturated rings. The first-order valence-electron chi connectivity index (χ1n) is 10.7. The van der Waals surface area contributed by atoms with Crippen molar-refractivity contribution in [2.75, 3.05) is 7.11 Å². The molecule has 0 radical (unpaired) electrons. The number of nitrogens with one attached hydrogen (secondary N) is 2. The highest BCUT2D eigenvalue weighted by Crippen LogP contribution is 2.19. The summed E-state index contributed by atoms with van der Waals surface area (Å²) in [5.74, 6) is -1.45. The Labute approximate surface area is 197 Å². The smallest absolute Gasteiger partial charge is 0.252 e. The number of primary amides is 1. The maximum Gasteiger partial charge on any atom is 0.252 e. The molecule has 0 aliphatic heterocycles. The predicted molar refractivity (Wildman–Crippen MR) is 127 cm³/mol. The zero-order chi connectivity index (χ0) is 24.5. The van der Waals surface area contributed by atoms with Gasteiger partial charge in [-0.3, -0.25) is 14.4 Å². The monoisotopic (exact) mass is 461 g/mol. The number of methoxy groups -OCH3 is 1. The third-order valence-corrected chi connectivity index (χ3v) is 5.30. The fourth-order valence-corrected chi connectivity index (χ4v) is 3.49. The van der Waals surface area contributed by atoms with Crippen molar-refractivity contribution in [3.63, 3.8) is 0 Å². The summed E-state index contributed by atoms with van der Waals surface area (Å²) in [5, 5.41) is 16.1. The van der Waals surface area contributed by atoms with E-state index in [0.29, 0.717) is 16.9 Å². The Balaban J connectivity index is 1.78. The lowest BCUT2D eigenvalue weighted by atomic mass is 9.99. The highest BCUT2D eigenvalue weighted by Gasteiger charge is 2.31. The van der Waals surface area contributed by atoms with Crippen molar-refractivity contribution in [3.8, 4) is 5.75 Å². The van der Waals surface area contributed by atoms with Gasteiger partial charge in [0.2, 0.25) is 5.91 Å². The van der Waals surface area contributed by atoms with Crippen molar-refractivity contribution in [1.82, 2.24) is 10.6 Å². The topological polar surface area (TPSA) is 131 Å². The summed E-state index contributed by atoms with van der Waals surface area (Å²) in [7, 11) is 1.52. The van der Waals surface area contributed by atoms with Gasteiger partial charge in [-0.2, -0.15) is 0 Å². The number of hydrogen-bond donors (Lipinski definition) is 4. The Bertz CT molecular complexity index is 1120. The van der Waals surface area contributed by atoms with Crippen LogP contribution in [-0.2, 0) is 16.0 Å². The van der Waals surface area contributed by atoms with Gasteiger partial charge >= 0.3 is 0 Å². The molecule has 3 aromatic rings. The number of ether oxygens (including phenoxy) is 1. The second kappa shape index (κ2) is 11.6. The largest absolute Gasteiger partial charge is 0.497 e. The summed E-state index contributed by atoms with van der Waals surface area (Å²) in [5.41, 5.74) is 7.13. The fourth-order valence-electron chi connectivity index (χ4n) is 3.49. The van der Waals surface area contributed by atoms with Gasteiger partial charge in [-0.05, 0) is 35.4 Å². The van der Waals surface area contributed by atoms with Crippen LogP contribution in [0.2, 0.25) is 0 Å². The van der Waals surface area contributed by atoms with Crippen LogP contribution in [0.5, 0.6) is 5.75 Å². The summed E-state index contributed by atoms with van der Waals surface area (Å²) in [6.07, 6.45) is -1.57. The van der Waals surface area contributed by atoms with Crippen LogP contribution in [0.3, 0.4) is 0 Å². The maximum absolute atomic E-state index is 13.0. The van der Waals surface area contributed by atoms with E-state index in [9.17, 15) is 19.5 Å². The van der Waals surface area contributed by atoms with E-state index in [1.54, 1.807) is 84.9 Å². The molecule has 3 aromatic carbocycles. The number of nitrogens with two attached hydrogens (primary N) is 1. The molecule has 0 saturated carbocycles. The van der Waals surface area contributed by atoms with Crippen molar-refractivity contribution in [2.45, 2.75) is 24.6 Å². The average molecular weight is 462 g/mol. The minimum Gasteiger partial charge on any atom is -0.497 e. The molecule has 0 bridgehead atoms. The van der Waals surface area contributed by atoms with E-state index in [1.807, 2.05) is 0 Å². The maximum atomic E-state index is 13.0. The second-order valence-corrected chi connectivity index (χ2v) is 7.69. The molecule has 0 saturated heterocycles. The molecule has 8 nitrogen and oxygen atoms in total. The van der Waals surface area contributed by atoms with Crippen molar-refractivity contribution >= 4 is 17.7 Å². The lowest BCUT2D eigenvalue weighted by molar-refractivity contribution is -0.134. The van der Waals surface area contributed by atoms with Crippen LogP contribution in [0.4, 0.5) is 0 Å². The molecule has 3 atom stereocenters. The first-order valence-corrected chi connectivity index (χ1v) is 10.7. The quantitative estimate of drug-likeness (QED) is 0.365. The number of carbonyl (C=O) groups is 3. The molecule has 0 aliphatic rings. The lowest BCUT2D eigenvalue weighted by Gasteiger charge is -2.26. The first kappa shape index (κ1) is 24.5. The van der Waals surface area contributed by atoms with Crippen LogP contribution < -0.4 is 21.1 Å². The van der Waals surface area contributed by atoms with Gasteiger partial charge in [-0.1, -0.05) is 60.7 Å². The number of aliphatic hydroxyl groups is 1. The van der Waals surface area contributed by atoms with Gasteiger partial charge in [0.15, 0.2) is 6.10 Å². The molecular weight excluding hydrogens is 434 g/mol. The molecule has 0 aliphatic carbocycles. The molecule has 3 amide bonds. The number of hydrogen-bond acceptors (Lipinski definition) is 5. The van der Waals surface area contributed by atoms with E-state index in [0.717, 1.165) is 5.56 Å². The molecule has 0 heterocycles. The van der Waals surface area contributed by atoms with Gasteiger partial charge in [0.05, 0.1) is 13.2 Å². The minimum atomic E-state index is -1.68. The van der Waals surface area contributed by atoms with Crippen LogP contribution in [0.1, 0.15) is 27.5 Å². The van der Waals surface area contributed by atoms with Crippen LogP contribution in [0.15, 0.2) is 84.9 Å². The Morgan fingerprint density at radius 3 is 2.18 bits per heavy atom. The second-order valence-electron chi connectivity index (χ2n) is 7.69. The van der Waals surface area contributed by atoms with Gasteiger partial charge < -0.3 is 26.2 Å². The van der Waals surface area contributed by atoms with Crippen molar-refractivity contribution < 1.29 is 24.2 Å². The van der Waals surface area contributed by atoms with Gasteiger partial charge in [-0.25, -0.2) is 0 Å². The van der Waals surface area contributed by atoms with E-state index < -0.39 is 35.9 Å². The van der Waals surface area contributed by atoms with Gasteiger partial charge in [0.25, 0.3) is 11.8 Å². The van der Waals surface area contributed by atoms with Crippen molar-refractivity contribution in [1.29, 1.82) is 0 Å². The molecule has 3 rings (SSSR count). The zero-order valence-corrected chi connectivity index (χ0v) is 18.7. The molecule has 0 aromatic heterocycles. The number of benzene rings is 3. The van der Waals surface area contributed by atoms with Crippen molar-refractivity contribution in [3.05, 3.63) is 102 Å². The Morgan fingerprint density at radius 2 is 1.56 bits per heavy atom. The third-order valence-electron chi connectivity index (χ3n) is 5.30. The molecule has 0 unspecified atom stereocenters. The minimum absolute atomic E-state index is 0.109. The number of aliphatic hydroxyl groups excluding tert-OH is 1. The third kappa shape index (κ3) is 6.43. The summed E-state index contributed by atoms with van der Waals surface area (Å²) in [6, 6.07) is 22.0. The summed E-state index contributed by atoms with van der Waals surface area (Å²) in [4.78, 5) is 37.8. The Hall–Kier alpha value is -4.17. The summed E-state index contributed by atoms with van der Waals surface area (Å²) >= 11 is 0. The Kier molecular flexibility index (Phi) is 8.37. The van der Waals surface area contributed by atoms with Gasteiger partial charge in [0, 0.05) is 12.0 Å². The molecular formula is C26H27N3O5. The lowest BCUT2D eigenvalue weighted by Crippen LogP contribution is -2.52. The van der Waals surface area contributed by atoms with Gasteiger partial charge in [0.1, 0.15) is 11.8 Å². The van der Waals surface area contributed by atoms with E-state index in [-0.39, 0.29) is 6.42 Å². The van der Waals surface area contributed by atoms with Crippen molar-refractivity contribution in [2.24, 2.45) is 5.73 Å². The normalized spacial score (nSPS) is 13.2. The van der Waals surface area contributed by atoms with Crippen LogP contribution in [0, 0.1) is 0 Å². The zero-order valence-electron chi connectivity index (χ0n) is 18.7. The number of rotatable bonds is 10. The standard InChI is InChI=1S/C26H27N3O5/c1-34-20-14-8-9-17(15-20)16-21(24(27)31)28-26(33)23(30)22(18-10-4-2-5-11-18)29-25(32)19-12-6-3-7-13-19/h2-15,21-23,30H,16H2,1H3,(H2,27,31)(H,28,33)(H,29,32)/t21-,22-,23+/m0/s1. The fraction of sp³-hybridized carbons (Fsp3) is 0.192. The predicted octanol–water partition coefficient (Wildman–Crippen LogP) is 1.74. The Morgan fingerprint density at radius 1 is 0.912 bits per heavy atom. The highest BCUT2D eigenvalue weighted by molar-refractivity contribution is 5.95. The van der Waals surface area contributed by atoms with E-state index >= 15 is 0 Å². The molecule has 34 heavy (non-hydrogen) atoms. The van der Waals surface area contributed by atoms with E-state index in [2.05, 4.69) is 10.6 Å². The number of carbonyl (C=O) groups excluding carboxylic acids is 3. The molecule has 8 heteroatoms. The SMILES string of the molecule is COc1cccc(C[C@H](NC(=O)[C@H](O)[C@@H](NC(=O)c2ccccc2)c2ccccc2)C(N)=O)c1. The molecule has 0 spiro atoms. The van der Waals surface area contributed by atoms with E-state index in [1.165, 1.54) is 7.11 Å². The van der Waals surface area contributed by atoms with Gasteiger partial charge in [-0.15, -0.1) is 0 Å². The number of amides is 3. The highest BCUT2D eigenvalue weighted by atomic mass is 16.5. The van der Waals surface area contributed by atoms with Crippen LogP contribution in [0.25, 0.3) is 0 Å². The molecule has 5 N–H and O–H groups in total. The van der Waals surface area contributed by atoms with Crippen LogP contribution in [-0.4, -0.2) is 42.1 Å². The van der Waals surface area contributed by atoms with Crippen LogP contribution >= 0.6 is 0 Å². The summed E-state index contributed by atoms with van der Waals surface area (Å²) in [6.45, 7) is 0. The average Bonchev–Trinajstić information content (AvgIpc) is 2.87. The molecule has 176 valence electrons. The summed E-state index contributed by atoms with van der Waals surface area (Å²) < 4.78 is 5.19.